The maximum absolute atomic E-state index is 12.7. The third-order valence-electron chi connectivity index (χ3n) is 5.67. The molecule has 0 bridgehead atoms. The number of fused-ring (bicyclic) bond motifs is 1. The Hall–Kier alpha value is -1.35. The van der Waals surface area contributed by atoms with Crippen molar-refractivity contribution in [2.45, 2.75) is 44.2 Å². The molecule has 2 N–H and O–H groups in total. The summed E-state index contributed by atoms with van der Waals surface area (Å²) in [7, 11) is 1.77. The zero-order chi connectivity index (χ0) is 17.9. The zero-order valence-corrected chi connectivity index (χ0v) is 18.3. The van der Waals surface area contributed by atoms with E-state index in [2.05, 4.69) is 26.6 Å². The molecule has 3 aliphatic rings. The first-order valence-corrected chi connectivity index (χ1v) is 9.84. The monoisotopic (exact) mass is 483 g/mol. The summed E-state index contributed by atoms with van der Waals surface area (Å²) in [5, 5.41) is 6.70. The molecule has 2 fully saturated rings. The van der Waals surface area contributed by atoms with Crippen LogP contribution in [0, 0.1) is 0 Å². The Bertz CT molecular complexity index is 691. The maximum atomic E-state index is 12.7. The fraction of sp³-hybridized carbons (Fsp3) is 0.600. The Labute approximate surface area is 178 Å². The number of benzene rings is 1. The average molecular weight is 483 g/mol. The summed E-state index contributed by atoms with van der Waals surface area (Å²) in [5.74, 6) is 0.831. The predicted molar refractivity (Wildman–Crippen MR) is 120 cm³/mol. The first-order valence-electron chi connectivity index (χ1n) is 9.84. The van der Waals surface area contributed by atoms with Crippen molar-refractivity contribution in [2.75, 3.05) is 38.1 Å². The van der Waals surface area contributed by atoms with E-state index in [1.54, 1.807) is 7.05 Å². The lowest BCUT2D eigenvalue weighted by atomic mass is 10.0. The standard InChI is InChI=1S/C20H29N5O.HI/c1-21-20(23-16-10-12-24(14-16)17-8-9-17)22-13-19(26)25-11-4-6-15-5-2-3-7-18(15)25;/h2-3,5,7,16-17H,4,6,8-14H2,1H3,(H2,21,22,23);1H. The molecule has 7 heteroatoms. The van der Waals surface area contributed by atoms with Crippen molar-refractivity contribution in [1.29, 1.82) is 0 Å². The Morgan fingerprint density at radius 3 is 2.81 bits per heavy atom. The molecule has 1 aromatic carbocycles. The number of para-hydroxylation sites is 1. The van der Waals surface area contributed by atoms with Crippen LogP contribution in [0.5, 0.6) is 0 Å². The molecule has 2 heterocycles. The predicted octanol–water partition coefficient (Wildman–Crippen LogP) is 1.99. The van der Waals surface area contributed by atoms with Gasteiger partial charge in [-0.2, -0.15) is 0 Å². The summed E-state index contributed by atoms with van der Waals surface area (Å²) in [5.41, 5.74) is 2.32. The van der Waals surface area contributed by atoms with Gasteiger partial charge in [-0.1, -0.05) is 18.2 Å². The second-order valence-electron chi connectivity index (χ2n) is 7.56. The van der Waals surface area contributed by atoms with E-state index in [1.807, 2.05) is 23.1 Å². The van der Waals surface area contributed by atoms with Crippen molar-refractivity contribution in [2.24, 2.45) is 4.99 Å². The van der Waals surface area contributed by atoms with Crippen molar-refractivity contribution in [1.82, 2.24) is 15.5 Å². The van der Waals surface area contributed by atoms with E-state index in [1.165, 1.54) is 24.9 Å². The highest BCUT2D eigenvalue weighted by molar-refractivity contribution is 14.0. The minimum absolute atomic E-state index is 0. The SMILES string of the molecule is CN=C(NCC(=O)N1CCCc2ccccc21)NC1CCN(C2CC2)C1.I. The molecule has 6 nitrogen and oxygen atoms in total. The van der Waals surface area contributed by atoms with E-state index in [0.29, 0.717) is 6.04 Å². The van der Waals surface area contributed by atoms with Gasteiger partial charge in [0.05, 0.1) is 6.54 Å². The number of guanidine groups is 1. The van der Waals surface area contributed by atoms with Gasteiger partial charge < -0.3 is 15.5 Å². The quantitative estimate of drug-likeness (QED) is 0.391. The van der Waals surface area contributed by atoms with Crippen molar-refractivity contribution < 1.29 is 4.79 Å². The van der Waals surface area contributed by atoms with Crippen LogP contribution in [0.4, 0.5) is 5.69 Å². The van der Waals surface area contributed by atoms with Gasteiger partial charge in [0.25, 0.3) is 0 Å². The molecule has 0 radical (unpaired) electrons. The molecule has 1 saturated carbocycles. The Balaban J connectivity index is 0.00000210. The minimum atomic E-state index is 0. The molecule has 1 amide bonds. The first kappa shape index (κ1) is 20.4. The molecule has 2 aliphatic heterocycles. The molecule has 148 valence electrons. The van der Waals surface area contributed by atoms with E-state index in [-0.39, 0.29) is 36.4 Å². The van der Waals surface area contributed by atoms with Gasteiger partial charge in [0.1, 0.15) is 0 Å². The molecule has 1 unspecified atom stereocenters. The van der Waals surface area contributed by atoms with E-state index in [4.69, 9.17) is 0 Å². The largest absolute Gasteiger partial charge is 0.352 e. The Morgan fingerprint density at radius 1 is 1.22 bits per heavy atom. The summed E-state index contributed by atoms with van der Waals surface area (Å²) >= 11 is 0. The third-order valence-corrected chi connectivity index (χ3v) is 5.67. The molecular formula is C20H30IN5O. The lowest BCUT2D eigenvalue weighted by Gasteiger charge is -2.29. The van der Waals surface area contributed by atoms with Gasteiger partial charge in [0, 0.05) is 44.5 Å². The Morgan fingerprint density at radius 2 is 2.04 bits per heavy atom. The molecule has 0 aromatic heterocycles. The highest BCUT2D eigenvalue weighted by Gasteiger charge is 2.34. The molecule has 1 atom stereocenters. The van der Waals surface area contributed by atoms with Crippen LogP contribution < -0.4 is 15.5 Å². The number of rotatable bonds is 4. The van der Waals surface area contributed by atoms with Gasteiger partial charge in [-0.25, -0.2) is 0 Å². The van der Waals surface area contributed by atoms with Gasteiger partial charge in [-0.3, -0.25) is 14.7 Å². The minimum Gasteiger partial charge on any atom is -0.352 e. The molecule has 4 rings (SSSR count). The summed E-state index contributed by atoms with van der Waals surface area (Å²) in [4.78, 5) is 21.5. The molecule has 1 aliphatic carbocycles. The number of carbonyl (C=O) groups excluding carboxylic acids is 1. The number of aliphatic imine (C=N–C) groups is 1. The second-order valence-corrected chi connectivity index (χ2v) is 7.56. The summed E-state index contributed by atoms with van der Waals surface area (Å²) in [6.07, 6.45) is 5.92. The van der Waals surface area contributed by atoms with Crippen LogP contribution in [0.15, 0.2) is 29.3 Å². The van der Waals surface area contributed by atoms with Crippen molar-refractivity contribution in [3.8, 4) is 0 Å². The molecule has 27 heavy (non-hydrogen) atoms. The summed E-state index contributed by atoms with van der Waals surface area (Å²) < 4.78 is 0. The molecular weight excluding hydrogens is 453 g/mol. The van der Waals surface area contributed by atoms with Gasteiger partial charge in [0.15, 0.2) is 5.96 Å². The van der Waals surface area contributed by atoms with Crippen LogP contribution in [0.2, 0.25) is 0 Å². The van der Waals surface area contributed by atoms with E-state index in [9.17, 15) is 4.79 Å². The van der Waals surface area contributed by atoms with Gasteiger partial charge >= 0.3 is 0 Å². The van der Waals surface area contributed by atoms with Crippen molar-refractivity contribution in [3.05, 3.63) is 29.8 Å². The van der Waals surface area contributed by atoms with Crippen LogP contribution in [-0.2, 0) is 11.2 Å². The maximum Gasteiger partial charge on any atom is 0.246 e. The number of aryl methyl sites for hydroxylation is 1. The van der Waals surface area contributed by atoms with Crippen LogP contribution in [0.1, 0.15) is 31.2 Å². The van der Waals surface area contributed by atoms with Crippen LogP contribution in [-0.4, -0.2) is 62.1 Å². The molecule has 1 saturated heterocycles. The highest BCUT2D eigenvalue weighted by Crippen LogP contribution is 2.29. The number of nitrogens with zero attached hydrogens (tertiary/aromatic N) is 3. The Kier molecular flexibility index (Phi) is 6.97. The van der Waals surface area contributed by atoms with Crippen molar-refractivity contribution in [3.63, 3.8) is 0 Å². The normalized spacial score (nSPS) is 22.8. The number of halogens is 1. The third kappa shape index (κ3) is 4.93. The second kappa shape index (κ2) is 9.23. The summed E-state index contributed by atoms with van der Waals surface area (Å²) in [6.45, 7) is 3.32. The smallest absolute Gasteiger partial charge is 0.246 e. The van der Waals surface area contributed by atoms with Crippen LogP contribution in [0.25, 0.3) is 0 Å². The number of likely N-dealkylation sites (tertiary alicyclic amines) is 1. The van der Waals surface area contributed by atoms with Gasteiger partial charge in [-0.05, 0) is 43.7 Å². The fourth-order valence-electron chi connectivity index (χ4n) is 4.11. The lowest BCUT2D eigenvalue weighted by Crippen LogP contribution is -2.49. The molecule has 0 spiro atoms. The van der Waals surface area contributed by atoms with E-state index >= 15 is 0 Å². The number of carbonyl (C=O) groups is 1. The topological polar surface area (TPSA) is 60.0 Å². The van der Waals surface area contributed by atoms with E-state index in [0.717, 1.165) is 50.0 Å². The van der Waals surface area contributed by atoms with Crippen LogP contribution in [0.3, 0.4) is 0 Å². The lowest BCUT2D eigenvalue weighted by molar-refractivity contribution is -0.117. The zero-order valence-electron chi connectivity index (χ0n) is 16.0. The number of hydrogen-bond donors (Lipinski definition) is 2. The highest BCUT2D eigenvalue weighted by atomic mass is 127. The number of amides is 1. The first-order chi connectivity index (χ1) is 12.7. The summed E-state index contributed by atoms with van der Waals surface area (Å²) in [6, 6.07) is 9.46. The molecule has 1 aromatic rings. The average Bonchev–Trinajstić information content (AvgIpc) is 3.43. The van der Waals surface area contributed by atoms with Crippen molar-refractivity contribution >= 4 is 41.5 Å². The van der Waals surface area contributed by atoms with Gasteiger partial charge in [-0.15, -0.1) is 24.0 Å². The fourth-order valence-corrected chi connectivity index (χ4v) is 4.11. The number of nitrogens with one attached hydrogen (secondary N) is 2. The van der Waals surface area contributed by atoms with Gasteiger partial charge in [0.2, 0.25) is 5.91 Å². The number of hydrogen-bond acceptors (Lipinski definition) is 3. The van der Waals surface area contributed by atoms with Crippen LogP contribution >= 0.6 is 24.0 Å². The van der Waals surface area contributed by atoms with E-state index < -0.39 is 0 Å². The number of anilines is 1.